The van der Waals surface area contributed by atoms with E-state index in [4.69, 9.17) is 10.5 Å². The number of nitrogens with zero attached hydrogens (tertiary/aromatic N) is 1. The third kappa shape index (κ3) is 6.12. The summed E-state index contributed by atoms with van der Waals surface area (Å²) in [5.74, 6) is -3.38. The Morgan fingerprint density at radius 2 is 1.79 bits per heavy atom. The van der Waals surface area contributed by atoms with Crippen LogP contribution in [0.5, 0.6) is 0 Å². The predicted molar refractivity (Wildman–Crippen MR) is 81.3 cm³/mol. The van der Waals surface area contributed by atoms with Gasteiger partial charge in [0.2, 0.25) is 0 Å². The molecule has 0 aliphatic rings. The molecule has 10 heteroatoms. The van der Waals surface area contributed by atoms with Crippen LogP contribution in [0.1, 0.15) is 0 Å². The van der Waals surface area contributed by atoms with Gasteiger partial charge in [0, 0.05) is 17.3 Å². The van der Waals surface area contributed by atoms with Crippen molar-refractivity contribution >= 4 is 67.1 Å². The van der Waals surface area contributed by atoms with Gasteiger partial charge in [-0.1, -0.05) is 0 Å². The lowest BCUT2D eigenvalue weighted by Crippen LogP contribution is -2.45. The molecule has 0 unspecified atom stereocenters. The molecule has 0 saturated carbocycles. The molecule has 0 aromatic carbocycles. The Kier molecular flexibility index (Phi) is 8.52. The van der Waals surface area contributed by atoms with Crippen LogP contribution >= 0.6 is 37.9 Å². The molecule has 0 spiro atoms. The second kappa shape index (κ2) is 8.99. The van der Waals surface area contributed by atoms with Crippen LogP contribution in [0.2, 0.25) is 0 Å². The first-order valence-corrected chi connectivity index (χ1v) is 6.82. The zero-order valence-corrected chi connectivity index (χ0v) is 12.3. The van der Waals surface area contributed by atoms with Gasteiger partial charge in [-0.2, -0.15) is 37.9 Å². The number of carbonyl (C=O) groups excluding carboxylic acids is 2. The summed E-state index contributed by atoms with van der Waals surface area (Å²) in [4.78, 5) is 37.1. The van der Waals surface area contributed by atoms with Crippen molar-refractivity contribution < 1.29 is 19.5 Å². The lowest BCUT2D eigenvalue weighted by molar-refractivity contribution is -0.130. The Morgan fingerprint density at radius 3 is 2.16 bits per heavy atom. The van der Waals surface area contributed by atoms with Crippen LogP contribution < -0.4 is 5.32 Å². The molecule has 2 amide bonds. The minimum atomic E-state index is -1.37. The highest BCUT2D eigenvalue weighted by Gasteiger charge is 2.22. The van der Waals surface area contributed by atoms with Gasteiger partial charge in [0.1, 0.15) is 17.5 Å². The van der Waals surface area contributed by atoms with E-state index in [9.17, 15) is 14.4 Å². The maximum Gasteiger partial charge on any atom is 0.351 e. The Bertz CT molecular complexity index is 425. The maximum absolute atomic E-state index is 11.7. The summed E-state index contributed by atoms with van der Waals surface area (Å²) in [6.07, 6.45) is 0. The molecule has 7 nitrogen and oxygen atoms in total. The minimum absolute atomic E-state index is 0.0760. The Labute approximate surface area is 126 Å². The molecular formula is C9H13N3O4S3. The first-order valence-electron chi connectivity index (χ1n) is 4.92. The molecule has 0 aromatic heterocycles. The van der Waals surface area contributed by atoms with Gasteiger partial charge in [-0.25, -0.2) is 9.79 Å². The summed E-state index contributed by atoms with van der Waals surface area (Å²) < 4.78 is 0. The van der Waals surface area contributed by atoms with Crippen molar-refractivity contribution in [2.45, 2.75) is 6.04 Å². The van der Waals surface area contributed by atoms with E-state index < -0.39 is 29.5 Å². The zero-order valence-electron chi connectivity index (χ0n) is 9.66. The maximum atomic E-state index is 11.7. The molecular weight excluding hydrogens is 310 g/mol. The highest BCUT2D eigenvalue weighted by Crippen LogP contribution is 1.96. The van der Waals surface area contributed by atoms with Gasteiger partial charge >= 0.3 is 5.97 Å². The monoisotopic (exact) mass is 323 g/mol. The van der Waals surface area contributed by atoms with Gasteiger partial charge in [-0.3, -0.25) is 15.0 Å². The fourth-order valence-corrected chi connectivity index (χ4v) is 1.46. The van der Waals surface area contributed by atoms with E-state index in [1.54, 1.807) is 0 Å². The van der Waals surface area contributed by atoms with Crippen molar-refractivity contribution in [1.29, 1.82) is 5.41 Å². The lowest BCUT2D eigenvalue weighted by Gasteiger charge is -2.13. The summed E-state index contributed by atoms with van der Waals surface area (Å²) in [6, 6.07) is -1.11. The van der Waals surface area contributed by atoms with Gasteiger partial charge in [0.05, 0.1) is 0 Å². The van der Waals surface area contributed by atoms with Crippen LogP contribution in [0.25, 0.3) is 0 Å². The second-order valence-corrected chi connectivity index (χ2v) is 4.20. The molecule has 0 heterocycles. The highest BCUT2D eigenvalue weighted by atomic mass is 32.1. The average Bonchev–Trinajstić information content (AvgIpc) is 2.39. The van der Waals surface area contributed by atoms with Crippen LogP contribution in [-0.4, -0.2) is 57.6 Å². The van der Waals surface area contributed by atoms with E-state index in [-0.39, 0.29) is 23.0 Å². The van der Waals surface area contributed by atoms with Crippen LogP contribution in [0.4, 0.5) is 0 Å². The fraction of sp³-hybridized carbons (Fsp3) is 0.444. The summed E-state index contributed by atoms with van der Waals surface area (Å²) in [5.41, 5.74) is -0.752. The second-order valence-electron chi connectivity index (χ2n) is 3.21. The van der Waals surface area contributed by atoms with Gasteiger partial charge in [-0.15, -0.1) is 0 Å². The van der Waals surface area contributed by atoms with Crippen LogP contribution in [0.3, 0.4) is 0 Å². The van der Waals surface area contributed by atoms with Crippen molar-refractivity contribution in [3.63, 3.8) is 0 Å². The number of nitrogens with one attached hydrogen (secondary N) is 2. The number of thiol groups is 3. The van der Waals surface area contributed by atoms with E-state index in [0.29, 0.717) is 0 Å². The first-order chi connectivity index (χ1) is 8.87. The molecule has 0 radical (unpaired) electrons. The number of amides is 2. The summed E-state index contributed by atoms with van der Waals surface area (Å²) in [5, 5.41) is 18.2. The van der Waals surface area contributed by atoms with Crippen molar-refractivity contribution in [2.75, 3.05) is 17.3 Å². The minimum Gasteiger partial charge on any atom is -0.477 e. The van der Waals surface area contributed by atoms with Crippen LogP contribution in [0.15, 0.2) is 4.99 Å². The third-order valence-electron chi connectivity index (χ3n) is 1.86. The van der Waals surface area contributed by atoms with E-state index in [0.717, 1.165) is 0 Å². The topological polar surface area (TPSA) is 120 Å². The largest absolute Gasteiger partial charge is 0.477 e. The van der Waals surface area contributed by atoms with Gasteiger partial charge < -0.3 is 10.4 Å². The quantitative estimate of drug-likeness (QED) is 0.275. The van der Waals surface area contributed by atoms with Crippen LogP contribution in [0, 0.1) is 5.41 Å². The molecule has 0 fully saturated rings. The van der Waals surface area contributed by atoms with E-state index >= 15 is 0 Å². The third-order valence-corrected chi connectivity index (χ3v) is 2.84. The number of hydrogen-bond acceptors (Lipinski definition) is 7. The number of rotatable bonds is 7. The molecule has 19 heavy (non-hydrogen) atoms. The van der Waals surface area contributed by atoms with Gasteiger partial charge in [0.25, 0.3) is 11.8 Å². The number of hydrogen-bond donors (Lipinski definition) is 6. The fourth-order valence-electron chi connectivity index (χ4n) is 0.864. The summed E-state index contributed by atoms with van der Waals surface area (Å²) in [6.45, 7) is 0. The van der Waals surface area contributed by atoms with Gasteiger partial charge in [0.15, 0.2) is 0 Å². The van der Waals surface area contributed by atoms with Crippen molar-refractivity contribution in [1.82, 2.24) is 5.32 Å². The van der Waals surface area contributed by atoms with E-state index in [1.165, 1.54) is 0 Å². The van der Waals surface area contributed by atoms with Crippen LogP contribution in [-0.2, 0) is 14.4 Å². The molecule has 1 atom stereocenters. The predicted octanol–water partition coefficient (Wildman–Crippen LogP) is -0.667. The standard InChI is InChI=1S/C9H13N3O4S3/c10-4(1-17)7(13)11-5(2-18)8(14)12-6(3-19)9(15)16/h5,10,17-19H,1-3H2,(H,11,13)(H,15,16)/t5-/m0/s1. The molecule has 0 aromatic rings. The molecule has 0 aliphatic heterocycles. The van der Waals surface area contributed by atoms with E-state index in [2.05, 4.69) is 48.2 Å². The Morgan fingerprint density at radius 1 is 1.21 bits per heavy atom. The van der Waals surface area contributed by atoms with E-state index in [1.807, 2.05) is 0 Å². The summed E-state index contributed by atoms with van der Waals surface area (Å²) >= 11 is 11.4. The molecule has 3 N–H and O–H groups in total. The molecule has 0 saturated heterocycles. The van der Waals surface area contributed by atoms with Gasteiger partial charge in [-0.05, 0) is 0 Å². The molecule has 106 valence electrons. The van der Waals surface area contributed by atoms with Crippen molar-refractivity contribution in [2.24, 2.45) is 4.99 Å². The van der Waals surface area contributed by atoms with Crippen molar-refractivity contribution in [3.8, 4) is 0 Å². The Hall–Kier alpha value is -1.00. The average molecular weight is 323 g/mol. The summed E-state index contributed by atoms with van der Waals surface area (Å²) in [7, 11) is 0. The zero-order chi connectivity index (χ0) is 15.0. The smallest absolute Gasteiger partial charge is 0.351 e. The molecule has 0 rings (SSSR count). The highest BCUT2D eigenvalue weighted by molar-refractivity contribution is 7.81. The normalized spacial score (nSPS) is 12.7. The lowest BCUT2D eigenvalue weighted by atomic mass is 10.2. The molecule has 0 aliphatic carbocycles. The Balaban J connectivity index is 4.87. The number of carboxylic acid groups (broad SMARTS) is 1. The number of carbonyl (C=O) groups is 3. The SMILES string of the molecule is N=C(CS)C(=O)N[C@@H](CS)C(=O)N=C(CS)C(=O)O. The first kappa shape index (κ1) is 18.0. The van der Waals surface area contributed by atoms with Crippen molar-refractivity contribution in [3.05, 3.63) is 0 Å². The number of aliphatic carboxylic acids is 1. The number of carboxylic acids is 1. The molecule has 0 bridgehead atoms. The number of aliphatic imine (C=N–C) groups is 1.